The lowest BCUT2D eigenvalue weighted by molar-refractivity contribution is 0.165. The van der Waals surface area contributed by atoms with Gasteiger partial charge in [-0.25, -0.2) is 0 Å². The molecule has 1 saturated carbocycles. The summed E-state index contributed by atoms with van der Waals surface area (Å²) in [6.07, 6.45) is 4.98. The van der Waals surface area contributed by atoms with Gasteiger partial charge < -0.3 is 14.8 Å². The van der Waals surface area contributed by atoms with Crippen molar-refractivity contribution in [3.05, 3.63) is 29.3 Å². The Morgan fingerprint density at radius 2 is 2.21 bits per heavy atom. The molecule has 2 aliphatic rings. The molecule has 0 saturated heterocycles. The normalized spacial score (nSPS) is 25.8. The van der Waals surface area contributed by atoms with E-state index in [1.165, 1.54) is 24.0 Å². The Labute approximate surface area is 115 Å². The number of fused-ring (bicyclic) bond motifs is 1. The summed E-state index contributed by atoms with van der Waals surface area (Å²) in [5.74, 6) is 1.05. The number of methoxy groups -OCH3 is 1. The summed E-state index contributed by atoms with van der Waals surface area (Å²) in [6, 6.07) is 7.75. The second kappa shape index (κ2) is 5.51. The molecule has 0 amide bonds. The topological polar surface area (TPSA) is 30.5 Å². The smallest absolute Gasteiger partial charge is 0.124 e. The Balaban J connectivity index is 1.81. The van der Waals surface area contributed by atoms with E-state index >= 15 is 0 Å². The predicted molar refractivity (Wildman–Crippen MR) is 75.6 cm³/mol. The molecule has 0 aromatic heterocycles. The average Bonchev–Trinajstić information content (AvgIpc) is 3.20. The molecule has 1 aliphatic heterocycles. The Morgan fingerprint density at radius 1 is 1.37 bits per heavy atom. The van der Waals surface area contributed by atoms with Gasteiger partial charge in [-0.1, -0.05) is 12.1 Å². The van der Waals surface area contributed by atoms with Crippen molar-refractivity contribution >= 4 is 0 Å². The van der Waals surface area contributed by atoms with Crippen LogP contribution < -0.4 is 10.1 Å². The highest BCUT2D eigenvalue weighted by Crippen LogP contribution is 2.37. The molecule has 2 atom stereocenters. The van der Waals surface area contributed by atoms with Crippen LogP contribution in [0.15, 0.2) is 18.2 Å². The van der Waals surface area contributed by atoms with Gasteiger partial charge in [0.15, 0.2) is 0 Å². The Kier molecular flexibility index (Phi) is 3.76. The van der Waals surface area contributed by atoms with E-state index in [2.05, 4.69) is 30.4 Å². The number of hydrogen-bond donors (Lipinski definition) is 1. The third-order valence-corrected chi connectivity index (χ3v) is 3.95. The first-order valence-corrected chi connectivity index (χ1v) is 7.30. The summed E-state index contributed by atoms with van der Waals surface area (Å²) in [6.45, 7) is 2.93. The van der Waals surface area contributed by atoms with Gasteiger partial charge in [0.2, 0.25) is 0 Å². The van der Waals surface area contributed by atoms with Crippen LogP contribution in [0.25, 0.3) is 0 Å². The summed E-state index contributed by atoms with van der Waals surface area (Å²) in [5, 5.41) is 3.75. The first kappa shape index (κ1) is 12.9. The Bertz CT molecular complexity index is 442. The van der Waals surface area contributed by atoms with E-state index in [-0.39, 0.29) is 0 Å². The fraction of sp³-hybridized carbons (Fsp3) is 0.625. The number of hydrogen-bond acceptors (Lipinski definition) is 3. The molecule has 1 fully saturated rings. The van der Waals surface area contributed by atoms with Crippen LogP contribution in [0.3, 0.4) is 0 Å². The summed E-state index contributed by atoms with van der Waals surface area (Å²) < 4.78 is 11.1. The second-order valence-corrected chi connectivity index (χ2v) is 5.77. The van der Waals surface area contributed by atoms with Crippen molar-refractivity contribution in [1.82, 2.24) is 5.32 Å². The van der Waals surface area contributed by atoms with Gasteiger partial charge in [-0.05, 0) is 37.8 Å². The fourth-order valence-electron chi connectivity index (χ4n) is 2.77. The second-order valence-electron chi connectivity index (χ2n) is 5.77. The molecule has 1 heterocycles. The highest BCUT2D eigenvalue weighted by molar-refractivity contribution is 5.41. The SMILES string of the molecule is COCCc1ccc2c(c1)C(NC1CC1)CC(C)O2. The van der Waals surface area contributed by atoms with Gasteiger partial charge in [0.1, 0.15) is 5.75 Å². The zero-order chi connectivity index (χ0) is 13.2. The van der Waals surface area contributed by atoms with Gasteiger partial charge in [0.05, 0.1) is 12.7 Å². The van der Waals surface area contributed by atoms with Gasteiger partial charge in [-0.15, -0.1) is 0 Å². The average molecular weight is 261 g/mol. The van der Waals surface area contributed by atoms with Crippen LogP contribution in [0.5, 0.6) is 5.75 Å². The highest BCUT2D eigenvalue weighted by atomic mass is 16.5. The fourth-order valence-corrected chi connectivity index (χ4v) is 2.77. The Hall–Kier alpha value is -1.06. The quantitative estimate of drug-likeness (QED) is 0.884. The maximum absolute atomic E-state index is 5.95. The largest absolute Gasteiger partial charge is 0.490 e. The lowest BCUT2D eigenvalue weighted by Gasteiger charge is -2.31. The van der Waals surface area contributed by atoms with Crippen molar-refractivity contribution in [3.63, 3.8) is 0 Å². The molecule has 0 spiro atoms. The molecule has 3 heteroatoms. The number of nitrogens with one attached hydrogen (secondary N) is 1. The summed E-state index contributed by atoms with van der Waals surface area (Å²) in [5.41, 5.74) is 2.67. The van der Waals surface area contributed by atoms with Gasteiger partial charge in [0.25, 0.3) is 0 Å². The lowest BCUT2D eigenvalue weighted by Crippen LogP contribution is -2.32. The van der Waals surface area contributed by atoms with Gasteiger partial charge in [-0.2, -0.15) is 0 Å². The molecule has 0 bridgehead atoms. The van der Waals surface area contributed by atoms with E-state index in [9.17, 15) is 0 Å². The van der Waals surface area contributed by atoms with E-state index < -0.39 is 0 Å². The third kappa shape index (κ3) is 3.10. The summed E-state index contributed by atoms with van der Waals surface area (Å²) in [7, 11) is 1.75. The molecule has 3 nitrogen and oxygen atoms in total. The zero-order valence-corrected chi connectivity index (χ0v) is 11.8. The van der Waals surface area contributed by atoms with Gasteiger partial charge in [-0.3, -0.25) is 0 Å². The molecular weight excluding hydrogens is 238 g/mol. The minimum absolute atomic E-state index is 0.300. The molecule has 19 heavy (non-hydrogen) atoms. The third-order valence-electron chi connectivity index (χ3n) is 3.95. The maximum Gasteiger partial charge on any atom is 0.124 e. The molecule has 1 aromatic rings. The zero-order valence-electron chi connectivity index (χ0n) is 11.8. The molecule has 1 N–H and O–H groups in total. The van der Waals surface area contributed by atoms with Crippen LogP contribution in [0.4, 0.5) is 0 Å². The first-order chi connectivity index (χ1) is 9.26. The van der Waals surface area contributed by atoms with Crippen molar-refractivity contribution in [2.75, 3.05) is 13.7 Å². The predicted octanol–water partition coefficient (Wildman–Crippen LogP) is 2.84. The monoisotopic (exact) mass is 261 g/mol. The van der Waals surface area contributed by atoms with Gasteiger partial charge >= 0.3 is 0 Å². The molecule has 1 aromatic carbocycles. The standard InChI is InChI=1S/C16H23NO2/c1-11-9-15(17-13-4-5-13)14-10-12(7-8-18-2)3-6-16(14)19-11/h3,6,10-11,13,15,17H,4-5,7-9H2,1-2H3. The Morgan fingerprint density at radius 3 is 2.95 bits per heavy atom. The van der Waals surface area contributed by atoms with Crippen LogP contribution in [0.2, 0.25) is 0 Å². The van der Waals surface area contributed by atoms with Crippen molar-refractivity contribution in [2.24, 2.45) is 0 Å². The molecule has 3 rings (SSSR count). The van der Waals surface area contributed by atoms with E-state index in [4.69, 9.17) is 9.47 Å². The number of rotatable bonds is 5. The minimum atomic E-state index is 0.300. The number of benzene rings is 1. The highest BCUT2D eigenvalue weighted by Gasteiger charge is 2.31. The van der Waals surface area contributed by atoms with Crippen LogP contribution in [0, 0.1) is 0 Å². The van der Waals surface area contributed by atoms with E-state index in [1.54, 1.807) is 7.11 Å². The van der Waals surface area contributed by atoms with Gasteiger partial charge in [0, 0.05) is 31.2 Å². The summed E-state index contributed by atoms with van der Waals surface area (Å²) >= 11 is 0. The molecule has 2 unspecified atom stereocenters. The maximum atomic E-state index is 5.95. The van der Waals surface area contributed by atoms with Crippen LogP contribution in [-0.4, -0.2) is 25.9 Å². The molecule has 104 valence electrons. The van der Waals surface area contributed by atoms with Crippen LogP contribution in [0.1, 0.15) is 43.4 Å². The lowest BCUT2D eigenvalue weighted by atomic mass is 9.94. The summed E-state index contributed by atoms with van der Waals surface area (Å²) in [4.78, 5) is 0. The van der Waals surface area contributed by atoms with Crippen LogP contribution >= 0.6 is 0 Å². The van der Waals surface area contributed by atoms with Crippen molar-refractivity contribution in [3.8, 4) is 5.75 Å². The van der Waals surface area contributed by atoms with E-state index in [1.807, 2.05) is 0 Å². The molecular formula is C16H23NO2. The van der Waals surface area contributed by atoms with Crippen LogP contribution in [-0.2, 0) is 11.2 Å². The van der Waals surface area contributed by atoms with Crippen molar-refractivity contribution < 1.29 is 9.47 Å². The van der Waals surface area contributed by atoms with Crippen molar-refractivity contribution in [1.29, 1.82) is 0 Å². The number of ether oxygens (including phenoxy) is 2. The van der Waals surface area contributed by atoms with E-state index in [0.29, 0.717) is 12.1 Å². The minimum Gasteiger partial charge on any atom is -0.490 e. The van der Waals surface area contributed by atoms with E-state index in [0.717, 1.165) is 31.2 Å². The molecule has 1 aliphatic carbocycles. The first-order valence-electron chi connectivity index (χ1n) is 7.30. The molecule has 0 radical (unpaired) electrons. The van der Waals surface area contributed by atoms with Crippen molar-refractivity contribution in [2.45, 2.75) is 50.8 Å².